The van der Waals surface area contributed by atoms with Crippen LogP contribution in [0, 0.1) is 13.8 Å². The van der Waals surface area contributed by atoms with Gasteiger partial charge in [-0.25, -0.2) is 4.98 Å². The molecule has 0 aliphatic rings. The van der Waals surface area contributed by atoms with E-state index in [2.05, 4.69) is 9.97 Å². The second-order valence-corrected chi connectivity index (χ2v) is 3.11. The number of carbonyl (C=O) groups is 2. The van der Waals surface area contributed by atoms with Gasteiger partial charge in [-0.05, 0) is 13.8 Å². The third-order valence-corrected chi connectivity index (χ3v) is 1.96. The number of Topliss-reactive ketones (excluding diaryl/α,β-unsaturated/α-hetero) is 1. The van der Waals surface area contributed by atoms with Crippen molar-refractivity contribution >= 4 is 11.8 Å². The number of carboxylic acid groups (broad SMARTS) is 1. The molecule has 0 atom stereocenters. The summed E-state index contributed by atoms with van der Waals surface area (Å²) in [4.78, 5) is 28.4. The van der Waals surface area contributed by atoms with Crippen molar-refractivity contribution < 1.29 is 14.7 Å². The van der Waals surface area contributed by atoms with Crippen LogP contribution in [0.15, 0.2) is 0 Å². The fourth-order valence-corrected chi connectivity index (χ4v) is 1.02. The molecule has 0 saturated heterocycles. The number of hydrogen-bond donors (Lipinski definition) is 2. The van der Waals surface area contributed by atoms with Crippen molar-refractivity contribution in [2.45, 2.75) is 26.7 Å². The van der Waals surface area contributed by atoms with Crippen molar-refractivity contribution in [3.05, 3.63) is 17.2 Å². The van der Waals surface area contributed by atoms with Gasteiger partial charge in [0, 0.05) is 12.1 Å². The number of aliphatic carboxylic acids is 1. The molecule has 1 aromatic rings. The summed E-state index contributed by atoms with van der Waals surface area (Å²) in [5, 5.41) is 8.39. The lowest BCUT2D eigenvalue weighted by atomic mass is 10.2. The average molecular weight is 196 g/mol. The van der Waals surface area contributed by atoms with Gasteiger partial charge in [-0.15, -0.1) is 0 Å². The second-order valence-electron chi connectivity index (χ2n) is 3.11. The number of nitrogens with one attached hydrogen (secondary N) is 1. The van der Waals surface area contributed by atoms with Gasteiger partial charge in [-0.1, -0.05) is 0 Å². The van der Waals surface area contributed by atoms with Gasteiger partial charge in [-0.3, -0.25) is 9.59 Å². The summed E-state index contributed by atoms with van der Waals surface area (Å²) < 4.78 is 0. The lowest BCUT2D eigenvalue weighted by molar-refractivity contribution is -0.136. The lowest BCUT2D eigenvalue weighted by Crippen LogP contribution is -2.05. The minimum atomic E-state index is -0.974. The summed E-state index contributed by atoms with van der Waals surface area (Å²) in [6, 6.07) is 0. The molecule has 5 nitrogen and oxygen atoms in total. The molecular formula is C9H12N2O3. The van der Waals surface area contributed by atoms with Crippen LogP contribution >= 0.6 is 0 Å². The van der Waals surface area contributed by atoms with Gasteiger partial charge >= 0.3 is 5.97 Å². The summed E-state index contributed by atoms with van der Waals surface area (Å²) in [5.74, 6) is -0.983. The molecule has 0 aliphatic carbocycles. The zero-order valence-corrected chi connectivity index (χ0v) is 8.13. The van der Waals surface area contributed by atoms with E-state index in [-0.39, 0.29) is 24.4 Å². The van der Waals surface area contributed by atoms with Gasteiger partial charge in [0.2, 0.25) is 0 Å². The maximum atomic E-state index is 11.4. The van der Waals surface area contributed by atoms with Crippen LogP contribution in [0.2, 0.25) is 0 Å². The van der Waals surface area contributed by atoms with Crippen LogP contribution in [-0.4, -0.2) is 26.8 Å². The first kappa shape index (κ1) is 10.4. The Bertz CT molecular complexity index is 349. The highest BCUT2D eigenvalue weighted by molar-refractivity contribution is 5.94. The van der Waals surface area contributed by atoms with Crippen molar-refractivity contribution in [2.24, 2.45) is 0 Å². The number of ketones is 1. The van der Waals surface area contributed by atoms with Crippen LogP contribution in [0.4, 0.5) is 0 Å². The monoisotopic (exact) mass is 196 g/mol. The highest BCUT2D eigenvalue weighted by Crippen LogP contribution is 2.06. The number of carbonyl (C=O) groups excluding carboxylic acids is 1. The molecule has 0 spiro atoms. The molecule has 1 rings (SSSR count). The van der Waals surface area contributed by atoms with E-state index >= 15 is 0 Å². The maximum Gasteiger partial charge on any atom is 0.303 e. The fourth-order valence-electron chi connectivity index (χ4n) is 1.02. The molecule has 14 heavy (non-hydrogen) atoms. The molecule has 0 amide bonds. The van der Waals surface area contributed by atoms with Gasteiger partial charge in [0.25, 0.3) is 0 Å². The molecule has 0 fully saturated rings. The summed E-state index contributed by atoms with van der Waals surface area (Å²) >= 11 is 0. The minimum absolute atomic E-state index is 0.0122. The molecule has 76 valence electrons. The summed E-state index contributed by atoms with van der Waals surface area (Å²) in [6.45, 7) is 3.61. The Morgan fingerprint density at radius 1 is 1.36 bits per heavy atom. The van der Waals surface area contributed by atoms with Crippen LogP contribution in [-0.2, 0) is 4.79 Å². The van der Waals surface area contributed by atoms with Gasteiger partial charge < -0.3 is 10.1 Å². The Balaban J connectivity index is 2.65. The van der Waals surface area contributed by atoms with Crippen LogP contribution in [0.3, 0.4) is 0 Å². The zero-order valence-electron chi connectivity index (χ0n) is 8.13. The number of aryl methyl sites for hydroxylation is 2. The number of nitrogens with zero attached hydrogens (tertiary/aromatic N) is 1. The van der Waals surface area contributed by atoms with Crippen molar-refractivity contribution in [3.63, 3.8) is 0 Å². The number of H-pyrrole nitrogens is 1. The number of aromatic amines is 1. The Morgan fingerprint density at radius 2 is 2.00 bits per heavy atom. The predicted octanol–water partition coefficient (Wildman–Crippen LogP) is 1.07. The van der Waals surface area contributed by atoms with Crippen molar-refractivity contribution in [1.82, 2.24) is 9.97 Å². The van der Waals surface area contributed by atoms with E-state index in [1.165, 1.54) is 0 Å². The molecule has 0 saturated carbocycles. The van der Waals surface area contributed by atoms with E-state index in [0.717, 1.165) is 11.4 Å². The molecule has 1 heterocycles. The summed E-state index contributed by atoms with van der Waals surface area (Å²) in [5.41, 5.74) is 1.60. The van der Waals surface area contributed by atoms with E-state index in [1.807, 2.05) is 6.92 Å². The lowest BCUT2D eigenvalue weighted by Gasteiger charge is -1.92. The Labute approximate surface area is 81.2 Å². The molecule has 0 aliphatic heterocycles. The Hall–Kier alpha value is -1.65. The highest BCUT2D eigenvalue weighted by atomic mass is 16.4. The largest absolute Gasteiger partial charge is 0.481 e. The van der Waals surface area contributed by atoms with Crippen LogP contribution in [0.25, 0.3) is 0 Å². The van der Waals surface area contributed by atoms with Crippen molar-refractivity contribution in [3.8, 4) is 0 Å². The van der Waals surface area contributed by atoms with Crippen LogP contribution in [0.5, 0.6) is 0 Å². The van der Waals surface area contributed by atoms with Crippen LogP contribution < -0.4 is 0 Å². The van der Waals surface area contributed by atoms with E-state index in [0.29, 0.717) is 0 Å². The molecule has 0 bridgehead atoms. The van der Waals surface area contributed by atoms with E-state index in [4.69, 9.17) is 5.11 Å². The third-order valence-electron chi connectivity index (χ3n) is 1.96. The maximum absolute atomic E-state index is 11.4. The molecule has 0 aromatic carbocycles. The molecule has 1 aromatic heterocycles. The van der Waals surface area contributed by atoms with Gasteiger partial charge in [-0.2, -0.15) is 0 Å². The standard InChI is InChI=1S/C9H12N2O3/c1-5-6(2)11-9(10-5)7(12)3-4-8(13)14/h3-4H2,1-2H3,(H,10,11)(H,13,14). The third kappa shape index (κ3) is 2.42. The first-order valence-corrected chi connectivity index (χ1v) is 4.29. The summed E-state index contributed by atoms with van der Waals surface area (Å²) in [7, 11) is 0. The predicted molar refractivity (Wildman–Crippen MR) is 49.3 cm³/mol. The normalized spacial score (nSPS) is 10.1. The number of rotatable bonds is 4. The molecule has 2 N–H and O–H groups in total. The van der Waals surface area contributed by atoms with E-state index in [9.17, 15) is 9.59 Å². The first-order valence-electron chi connectivity index (χ1n) is 4.29. The van der Waals surface area contributed by atoms with E-state index in [1.54, 1.807) is 6.92 Å². The molecule has 5 heteroatoms. The Kier molecular flexibility index (Phi) is 3.01. The molecular weight excluding hydrogens is 184 g/mol. The zero-order chi connectivity index (χ0) is 10.7. The average Bonchev–Trinajstić information content (AvgIpc) is 2.43. The SMILES string of the molecule is Cc1nc(C(=O)CCC(=O)O)[nH]c1C. The second kappa shape index (κ2) is 4.04. The number of aromatic nitrogens is 2. The number of hydrogen-bond acceptors (Lipinski definition) is 3. The van der Waals surface area contributed by atoms with Gasteiger partial charge in [0.05, 0.1) is 12.1 Å². The van der Waals surface area contributed by atoms with Crippen LogP contribution in [0.1, 0.15) is 34.8 Å². The van der Waals surface area contributed by atoms with Crippen molar-refractivity contribution in [2.75, 3.05) is 0 Å². The van der Waals surface area contributed by atoms with Crippen molar-refractivity contribution in [1.29, 1.82) is 0 Å². The van der Waals surface area contributed by atoms with Gasteiger partial charge in [0.1, 0.15) is 0 Å². The number of carboxylic acids is 1. The molecule has 0 unspecified atom stereocenters. The van der Waals surface area contributed by atoms with Gasteiger partial charge in [0.15, 0.2) is 11.6 Å². The number of imidazole rings is 1. The fraction of sp³-hybridized carbons (Fsp3) is 0.444. The smallest absolute Gasteiger partial charge is 0.303 e. The Morgan fingerprint density at radius 3 is 2.43 bits per heavy atom. The quantitative estimate of drug-likeness (QED) is 0.705. The topological polar surface area (TPSA) is 83.1 Å². The minimum Gasteiger partial charge on any atom is -0.481 e. The van der Waals surface area contributed by atoms with E-state index < -0.39 is 5.97 Å². The first-order chi connectivity index (χ1) is 6.50. The molecule has 0 radical (unpaired) electrons. The highest BCUT2D eigenvalue weighted by Gasteiger charge is 2.12. The summed E-state index contributed by atoms with van der Waals surface area (Å²) in [6.07, 6.45) is -0.167.